The van der Waals surface area contributed by atoms with Crippen molar-refractivity contribution in [2.45, 2.75) is 32.3 Å². The van der Waals surface area contributed by atoms with E-state index in [4.69, 9.17) is 0 Å². The van der Waals surface area contributed by atoms with Crippen LogP contribution in [0, 0.1) is 0 Å². The fourth-order valence-electron chi connectivity index (χ4n) is 4.15. The van der Waals surface area contributed by atoms with Gasteiger partial charge in [-0.2, -0.15) is 0 Å². The zero-order valence-corrected chi connectivity index (χ0v) is 19.0. The molecule has 0 saturated heterocycles. The Kier molecular flexibility index (Phi) is 5.89. The molecular formula is C29H30P+. The lowest BCUT2D eigenvalue weighted by Gasteiger charge is -2.28. The summed E-state index contributed by atoms with van der Waals surface area (Å²) >= 11 is 0. The standard InChI is InChI=1S/C29H30P/c1-29(2,3)25-21-19-24(20-22-25)23-30(26-13-7-4-8-14-26,27-15-9-5-10-16-27)28-17-11-6-12-18-28/h4-22H,23H2,1-3H3/q+1. The number of hydrogen-bond donors (Lipinski definition) is 0. The fraction of sp³-hybridized carbons (Fsp3) is 0.172. The maximum absolute atomic E-state index is 2.34. The molecule has 0 nitrogen and oxygen atoms in total. The summed E-state index contributed by atoms with van der Waals surface area (Å²) in [4.78, 5) is 0. The summed E-state index contributed by atoms with van der Waals surface area (Å²) in [6.45, 7) is 6.83. The summed E-state index contributed by atoms with van der Waals surface area (Å²) < 4.78 is 0. The molecule has 4 aromatic carbocycles. The maximum atomic E-state index is 2.34. The molecule has 0 unspecified atom stereocenters. The van der Waals surface area contributed by atoms with Crippen molar-refractivity contribution in [3.8, 4) is 0 Å². The minimum Gasteiger partial charge on any atom is -0.0620 e. The van der Waals surface area contributed by atoms with Gasteiger partial charge >= 0.3 is 0 Å². The first kappa shape index (κ1) is 20.6. The molecule has 0 N–H and O–H groups in total. The van der Waals surface area contributed by atoms with Crippen molar-refractivity contribution in [3.05, 3.63) is 126 Å². The Hall–Kier alpha value is -2.69. The van der Waals surface area contributed by atoms with Crippen molar-refractivity contribution in [1.82, 2.24) is 0 Å². The highest BCUT2D eigenvalue weighted by atomic mass is 31.2. The second kappa shape index (κ2) is 8.58. The molecule has 0 fully saturated rings. The second-order valence-electron chi connectivity index (χ2n) is 8.92. The molecule has 0 aliphatic carbocycles. The van der Waals surface area contributed by atoms with Gasteiger partial charge in [0.05, 0.1) is 6.16 Å². The Bertz CT molecular complexity index is 963. The third kappa shape index (κ3) is 4.11. The Morgan fingerprint density at radius 2 is 0.867 bits per heavy atom. The Morgan fingerprint density at radius 3 is 1.20 bits per heavy atom. The van der Waals surface area contributed by atoms with Crippen LogP contribution in [0.15, 0.2) is 115 Å². The SMILES string of the molecule is CC(C)(C)c1ccc(C[P+](c2ccccc2)(c2ccccc2)c2ccccc2)cc1. The maximum Gasteiger partial charge on any atom is 0.116 e. The topological polar surface area (TPSA) is 0 Å². The van der Waals surface area contributed by atoms with Crippen molar-refractivity contribution < 1.29 is 0 Å². The lowest BCUT2D eigenvalue weighted by atomic mass is 9.87. The molecule has 0 bridgehead atoms. The molecule has 1 heteroatoms. The summed E-state index contributed by atoms with van der Waals surface area (Å²) in [5.74, 6) is 0. The summed E-state index contributed by atoms with van der Waals surface area (Å²) in [7, 11) is -1.83. The first-order valence-electron chi connectivity index (χ1n) is 10.6. The third-order valence-electron chi connectivity index (χ3n) is 5.83. The van der Waals surface area contributed by atoms with E-state index in [0.29, 0.717) is 0 Å². The third-order valence-corrected chi connectivity index (χ3v) is 10.2. The minimum atomic E-state index is -1.83. The van der Waals surface area contributed by atoms with Crippen LogP contribution in [-0.4, -0.2) is 0 Å². The highest BCUT2D eigenvalue weighted by molar-refractivity contribution is 7.95. The van der Waals surface area contributed by atoms with Crippen molar-refractivity contribution in [2.24, 2.45) is 0 Å². The normalized spacial score (nSPS) is 12.0. The lowest BCUT2D eigenvalue weighted by molar-refractivity contribution is 0.590. The quantitative estimate of drug-likeness (QED) is 0.331. The average molecular weight is 410 g/mol. The van der Waals surface area contributed by atoms with Gasteiger partial charge in [-0.3, -0.25) is 0 Å². The van der Waals surface area contributed by atoms with E-state index >= 15 is 0 Å². The fourth-order valence-corrected chi connectivity index (χ4v) is 8.40. The van der Waals surface area contributed by atoms with Crippen molar-refractivity contribution in [2.75, 3.05) is 0 Å². The Labute approximate surface area is 182 Å². The van der Waals surface area contributed by atoms with E-state index in [0.717, 1.165) is 6.16 Å². The monoisotopic (exact) mass is 409 g/mol. The highest BCUT2D eigenvalue weighted by Crippen LogP contribution is 2.58. The molecule has 0 spiro atoms. The van der Waals surface area contributed by atoms with Crippen LogP contribution in [0.5, 0.6) is 0 Å². The smallest absolute Gasteiger partial charge is 0.0620 e. The summed E-state index contributed by atoms with van der Waals surface area (Å²) in [6.07, 6.45) is 1.02. The largest absolute Gasteiger partial charge is 0.116 e. The van der Waals surface area contributed by atoms with Crippen LogP contribution < -0.4 is 15.9 Å². The van der Waals surface area contributed by atoms with E-state index in [9.17, 15) is 0 Å². The molecular weight excluding hydrogens is 379 g/mol. The summed E-state index contributed by atoms with van der Waals surface area (Å²) in [5.41, 5.74) is 2.95. The second-order valence-corrected chi connectivity index (χ2v) is 12.4. The first-order valence-corrected chi connectivity index (χ1v) is 12.6. The van der Waals surface area contributed by atoms with Gasteiger partial charge in [0, 0.05) is 0 Å². The van der Waals surface area contributed by atoms with Crippen LogP contribution in [0.1, 0.15) is 31.9 Å². The van der Waals surface area contributed by atoms with Crippen molar-refractivity contribution in [3.63, 3.8) is 0 Å². The molecule has 150 valence electrons. The Balaban J connectivity index is 1.91. The van der Waals surface area contributed by atoms with Gasteiger partial charge in [0.2, 0.25) is 0 Å². The van der Waals surface area contributed by atoms with Gasteiger partial charge < -0.3 is 0 Å². The van der Waals surface area contributed by atoms with Gasteiger partial charge in [-0.1, -0.05) is 99.6 Å². The summed E-state index contributed by atoms with van der Waals surface area (Å²) in [5, 5.41) is 4.30. The van der Waals surface area contributed by atoms with Crippen molar-refractivity contribution >= 4 is 23.2 Å². The molecule has 0 aliphatic heterocycles. The van der Waals surface area contributed by atoms with Gasteiger partial charge in [-0.25, -0.2) is 0 Å². The van der Waals surface area contributed by atoms with E-state index < -0.39 is 7.26 Å². The zero-order chi connectivity index (χ0) is 21.0. The van der Waals surface area contributed by atoms with Gasteiger partial charge in [0.25, 0.3) is 0 Å². The molecule has 0 heterocycles. The van der Waals surface area contributed by atoms with E-state index in [1.807, 2.05) is 0 Å². The molecule has 0 aromatic heterocycles. The average Bonchev–Trinajstić information content (AvgIpc) is 2.79. The predicted octanol–water partition coefficient (Wildman–Crippen LogP) is 6.48. The number of rotatable bonds is 5. The highest BCUT2D eigenvalue weighted by Gasteiger charge is 2.45. The van der Waals surface area contributed by atoms with Gasteiger partial charge in [-0.05, 0) is 52.9 Å². The van der Waals surface area contributed by atoms with Crippen LogP contribution in [0.25, 0.3) is 0 Å². The summed E-state index contributed by atoms with van der Waals surface area (Å²) in [6, 6.07) is 42.6. The van der Waals surface area contributed by atoms with Crippen LogP contribution in [0.4, 0.5) is 0 Å². The first-order chi connectivity index (χ1) is 14.5. The molecule has 4 rings (SSSR count). The van der Waals surface area contributed by atoms with Gasteiger partial charge in [0.15, 0.2) is 0 Å². The number of hydrogen-bond acceptors (Lipinski definition) is 0. The van der Waals surface area contributed by atoms with Crippen molar-refractivity contribution in [1.29, 1.82) is 0 Å². The van der Waals surface area contributed by atoms with Gasteiger partial charge in [0.1, 0.15) is 23.2 Å². The van der Waals surface area contributed by atoms with E-state index in [1.54, 1.807) is 0 Å². The van der Waals surface area contributed by atoms with E-state index in [1.165, 1.54) is 27.0 Å². The molecule has 0 radical (unpaired) electrons. The van der Waals surface area contributed by atoms with Gasteiger partial charge in [-0.15, -0.1) is 0 Å². The Morgan fingerprint density at radius 1 is 0.500 bits per heavy atom. The molecule has 30 heavy (non-hydrogen) atoms. The molecule has 0 saturated carbocycles. The minimum absolute atomic E-state index is 0.170. The molecule has 0 aliphatic rings. The van der Waals surface area contributed by atoms with E-state index in [2.05, 4.69) is 136 Å². The van der Waals surface area contributed by atoms with E-state index in [-0.39, 0.29) is 5.41 Å². The van der Waals surface area contributed by atoms with Crippen LogP contribution in [0.3, 0.4) is 0 Å². The predicted molar refractivity (Wildman–Crippen MR) is 134 cm³/mol. The van der Waals surface area contributed by atoms with Crippen LogP contribution in [0.2, 0.25) is 0 Å². The molecule has 4 aromatic rings. The lowest BCUT2D eigenvalue weighted by Crippen LogP contribution is -2.32. The van der Waals surface area contributed by atoms with Crippen LogP contribution in [-0.2, 0) is 11.6 Å². The molecule has 0 amide bonds. The number of benzene rings is 4. The zero-order valence-electron chi connectivity index (χ0n) is 18.1. The van der Waals surface area contributed by atoms with Crippen LogP contribution >= 0.6 is 7.26 Å². The molecule has 0 atom stereocenters.